The molecular weight excluding hydrogens is 382 g/mol. The van der Waals surface area contributed by atoms with Gasteiger partial charge in [0.25, 0.3) is 5.91 Å². The lowest BCUT2D eigenvalue weighted by atomic mass is 9.89. The minimum absolute atomic E-state index is 0.101. The topological polar surface area (TPSA) is 46.1 Å². The average molecular weight is 406 g/mol. The second kappa shape index (κ2) is 8.34. The molecule has 1 saturated heterocycles. The molecule has 1 aliphatic rings. The first-order chi connectivity index (χ1) is 14.0. The van der Waals surface area contributed by atoms with Crippen LogP contribution in [0.3, 0.4) is 0 Å². The van der Waals surface area contributed by atoms with E-state index < -0.39 is 0 Å². The summed E-state index contributed by atoms with van der Waals surface area (Å²) in [5, 5.41) is 0.683. The molecule has 0 N–H and O–H groups in total. The Labute approximate surface area is 176 Å². The predicted molar refractivity (Wildman–Crippen MR) is 116 cm³/mol. The number of piperidine rings is 1. The van der Waals surface area contributed by atoms with Crippen molar-refractivity contribution in [1.82, 2.24) is 14.9 Å². The third-order valence-electron chi connectivity index (χ3n) is 5.63. The van der Waals surface area contributed by atoms with Crippen LogP contribution in [0.4, 0.5) is 0 Å². The van der Waals surface area contributed by atoms with Gasteiger partial charge in [-0.3, -0.25) is 4.79 Å². The third kappa shape index (κ3) is 4.03. The summed E-state index contributed by atoms with van der Waals surface area (Å²) in [6, 6.07) is 13.8. The van der Waals surface area contributed by atoms with E-state index in [2.05, 4.69) is 9.97 Å². The molecule has 4 nitrogen and oxygen atoms in total. The molecule has 1 fully saturated rings. The molecule has 0 aliphatic carbocycles. The molecule has 1 aliphatic heterocycles. The van der Waals surface area contributed by atoms with Crippen LogP contribution >= 0.6 is 11.6 Å². The van der Waals surface area contributed by atoms with Crippen molar-refractivity contribution in [2.75, 3.05) is 13.1 Å². The lowest BCUT2D eigenvalue weighted by molar-refractivity contribution is 0.0705. The highest BCUT2D eigenvalue weighted by Crippen LogP contribution is 2.36. The second-order valence-electron chi connectivity index (χ2n) is 7.71. The summed E-state index contributed by atoms with van der Waals surface area (Å²) in [5.41, 5.74) is 5.75. The summed E-state index contributed by atoms with van der Waals surface area (Å²) >= 11 is 6.44. The first-order valence-corrected chi connectivity index (χ1v) is 10.3. The Kier molecular flexibility index (Phi) is 5.63. The van der Waals surface area contributed by atoms with E-state index in [1.807, 2.05) is 67.4 Å². The first-order valence-electron chi connectivity index (χ1n) is 9.96. The maximum absolute atomic E-state index is 13.2. The van der Waals surface area contributed by atoms with Crippen molar-refractivity contribution in [2.24, 2.45) is 0 Å². The monoisotopic (exact) mass is 405 g/mol. The van der Waals surface area contributed by atoms with E-state index in [0.29, 0.717) is 11.6 Å². The highest BCUT2D eigenvalue weighted by molar-refractivity contribution is 6.33. The van der Waals surface area contributed by atoms with Gasteiger partial charge in [0.05, 0.1) is 5.69 Å². The summed E-state index contributed by atoms with van der Waals surface area (Å²) < 4.78 is 0. The highest BCUT2D eigenvalue weighted by Gasteiger charge is 2.29. The van der Waals surface area contributed by atoms with Crippen molar-refractivity contribution in [1.29, 1.82) is 0 Å². The fourth-order valence-electron chi connectivity index (χ4n) is 4.07. The number of nitrogens with zero attached hydrogens (tertiary/aromatic N) is 3. The van der Waals surface area contributed by atoms with Gasteiger partial charge in [-0.25, -0.2) is 9.97 Å². The fourth-order valence-corrected chi connectivity index (χ4v) is 4.31. The molecule has 3 aromatic rings. The van der Waals surface area contributed by atoms with Crippen LogP contribution in [-0.4, -0.2) is 33.9 Å². The van der Waals surface area contributed by atoms with Crippen LogP contribution in [0.1, 0.15) is 45.9 Å². The molecule has 0 saturated carbocycles. The van der Waals surface area contributed by atoms with E-state index in [1.165, 1.54) is 0 Å². The summed E-state index contributed by atoms with van der Waals surface area (Å²) in [4.78, 5) is 24.0. The van der Waals surface area contributed by atoms with Crippen LogP contribution < -0.4 is 0 Å². The van der Waals surface area contributed by atoms with E-state index in [0.717, 1.165) is 52.9 Å². The Balaban J connectivity index is 1.64. The molecule has 0 bridgehead atoms. The van der Waals surface area contributed by atoms with Crippen molar-refractivity contribution in [3.05, 3.63) is 82.4 Å². The molecule has 5 heteroatoms. The average Bonchev–Trinajstić information content (AvgIpc) is 2.75. The molecule has 1 atom stereocenters. The number of likely N-dealkylation sites (tertiary alicyclic amines) is 1. The van der Waals surface area contributed by atoms with Crippen molar-refractivity contribution in [2.45, 2.75) is 32.6 Å². The molecule has 1 amide bonds. The molecule has 0 radical (unpaired) electrons. The largest absolute Gasteiger partial charge is 0.338 e. The fraction of sp³-hybridized carbons (Fsp3) is 0.292. The van der Waals surface area contributed by atoms with Crippen molar-refractivity contribution in [3.8, 4) is 11.1 Å². The maximum atomic E-state index is 13.2. The van der Waals surface area contributed by atoms with Gasteiger partial charge >= 0.3 is 0 Å². The Hall–Kier alpha value is -2.72. The van der Waals surface area contributed by atoms with Crippen LogP contribution in [0, 0.1) is 13.8 Å². The maximum Gasteiger partial charge on any atom is 0.254 e. The van der Waals surface area contributed by atoms with Crippen LogP contribution in [-0.2, 0) is 0 Å². The van der Waals surface area contributed by atoms with E-state index in [4.69, 9.17) is 11.6 Å². The predicted octanol–water partition coefficient (Wildman–Crippen LogP) is 5.43. The Morgan fingerprint density at radius 3 is 2.79 bits per heavy atom. The summed E-state index contributed by atoms with van der Waals surface area (Å²) in [7, 11) is 0. The van der Waals surface area contributed by atoms with Crippen molar-refractivity contribution >= 4 is 17.5 Å². The van der Waals surface area contributed by atoms with Crippen molar-refractivity contribution < 1.29 is 4.79 Å². The van der Waals surface area contributed by atoms with Crippen LogP contribution in [0.2, 0.25) is 5.02 Å². The molecule has 0 unspecified atom stereocenters. The molecule has 2 heterocycles. The number of carbonyl (C=O) groups excluding carboxylic acids is 1. The number of amides is 1. The molecular formula is C24H24ClN3O. The first kappa shape index (κ1) is 19.6. The minimum atomic E-state index is 0.101. The summed E-state index contributed by atoms with van der Waals surface area (Å²) in [5.74, 6) is 0.260. The van der Waals surface area contributed by atoms with E-state index in [9.17, 15) is 4.79 Å². The van der Waals surface area contributed by atoms with Gasteiger partial charge in [-0.15, -0.1) is 0 Å². The zero-order valence-corrected chi connectivity index (χ0v) is 17.5. The Bertz CT molecular complexity index is 1050. The zero-order chi connectivity index (χ0) is 20.4. The molecule has 0 spiro atoms. The molecule has 4 rings (SSSR count). The van der Waals surface area contributed by atoms with Gasteiger partial charge < -0.3 is 4.90 Å². The number of hydrogen-bond acceptors (Lipinski definition) is 3. The lowest BCUT2D eigenvalue weighted by Crippen LogP contribution is -2.39. The second-order valence-corrected chi connectivity index (χ2v) is 8.12. The van der Waals surface area contributed by atoms with Gasteiger partial charge in [-0.2, -0.15) is 0 Å². The van der Waals surface area contributed by atoms with Gasteiger partial charge in [0.2, 0.25) is 0 Å². The van der Waals surface area contributed by atoms with Gasteiger partial charge in [0.15, 0.2) is 0 Å². The third-order valence-corrected chi connectivity index (χ3v) is 5.96. The number of carbonyl (C=O) groups is 1. The highest BCUT2D eigenvalue weighted by atomic mass is 35.5. The molecule has 29 heavy (non-hydrogen) atoms. The SMILES string of the molecule is Cc1ccc(C)c(C(=O)N2CCC[C@@H](c3ncncc3-c3ccccc3Cl)C2)c1. The Morgan fingerprint density at radius 2 is 1.97 bits per heavy atom. The summed E-state index contributed by atoms with van der Waals surface area (Å²) in [6.45, 7) is 5.44. The quantitative estimate of drug-likeness (QED) is 0.583. The van der Waals surface area contributed by atoms with Gasteiger partial charge in [-0.05, 0) is 44.4 Å². The van der Waals surface area contributed by atoms with Gasteiger partial charge in [0, 0.05) is 46.9 Å². The number of rotatable bonds is 3. The summed E-state index contributed by atoms with van der Waals surface area (Å²) in [6.07, 6.45) is 5.36. The van der Waals surface area contributed by atoms with E-state index in [1.54, 1.807) is 6.33 Å². The van der Waals surface area contributed by atoms with Crippen LogP contribution in [0.15, 0.2) is 55.0 Å². The van der Waals surface area contributed by atoms with Crippen LogP contribution in [0.25, 0.3) is 11.1 Å². The normalized spacial score (nSPS) is 16.7. The lowest BCUT2D eigenvalue weighted by Gasteiger charge is -2.33. The molecule has 2 aromatic carbocycles. The standard InChI is InChI=1S/C24H24ClN3O/c1-16-9-10-17(2)20(12-16)24(29)28-11-5-6-18(14-28)23-21(13-26-15-27-23)19-7-3-4-8-22(19)25/h3-4,7-10,12-13,15,18H,5-6,11,14H2,1-2H3/t18-/m1/s1. The minimum Gasteiger partial charge on any atom is -0.338 e. The number of benzene rings is 2. The molecule has 148 valence electrons. The zero-order valence-electron chi connectivity index (χ0n) is 16.7. The smallest absolute Gasteiger partial charge is 0.254 e. The number of aryl methyl sites for hydroxylation is 2. The molecule has 1 aromatic heterocycles. The van der Waals surface area contributed by atoms with Crippen LogP contribution in [0.5, 0.6) is 0 Å². The van der Waals surface area contributed by atoms with Crippen molar-refractivity contribution in [3.63, 3.8) is 0 Å². The Morgan fingerprint density at radius 1 is 1.14 bits per heavy atom. The van der Waals surface area contributed by atoms with Gasteiger partial charge in [0.1, 0.15) is 6.33 Å². The van der Waals surface area contributed by atoms with Gasteiger partial charge in [-0.1, -0.05) is 47.5 Å². The number of aromatic nitrogens is 2. The number of halogens is 1. The number of hydrogen-bond donors (Lipinski definition) is 0. The van der Waals surface area contributed by atoms with E-state index >= 15 is 0 Å². The van der Waals surface area contributed by atoms with E-state index in [-0.39, 0.29) is 11.8 Å².